The summed E-state index contributed by atoms with van der Waals surface area (Å²) < 4.78 is 45.9. The fourth-order valence-corrected chi connectivity index (χ4v) is 6.21. The van der Waals surface area contributed by atoms with E-state index in [0.717, 1.165) is 0 Å². The van der Waals surface area contributed by atoms with Crippen LogP contribution in [0.3, 0.4) is 0 Å². The number of sulfone groups is 2. The maximum atomic E-state index is 11.6. The Labute approximate surface area is 125 Å². The molecule has 0 bridgehead atoms. The van der Waals surface area contributed by atoms with Crippen LogP contribution in [0.5, 0.6) is 0 Å². The standard InChI is InChI=1S/C11H18N2O4S3/c1-11(4-6-20(16,17)8-11)13(2)10(18)12-9-3-5-19(14,15)7-9/h3,5,9H,4,6-8H2,1-2H3,(H,12,18). The Morgan fingerprint density at radius 2 is 2.05 bits per heavy atom. The Morgan fingerprint density at radius 1 is 1.40 bits per heavy atom. The van der Waals surface area contributed by atoms with E-state index in [9.17, 15) is 16.8 Å². The first kappa shape index (κ1) is 15.7. The van der Waals surface area contributed by atoms with Crippen molar-refractivity contribution >= 4 is 37.0 Å². The van der Waals surface area contributed by atoms with E-state index in [1.54, 1.807) is 18.0 Å². The van der Waals surface area contributed by atoms with Crippen molar-refractivity contribution in [3.63, 3.8) is 0 Å². The molecule has 2 aliphatic rings. The molecule has 6 nitrogen and oxygen atoms in total. The van der Waals surface area contributed by atoms with Gasteiger partial charge >= 0.3 is 0 Å². The monoisotopic (exact) mass is 338 g/mol. The Bertz CT molecular complexity index is 653. The minimum atomic E-state index is -3.14. The van der Waals surface area contributed by atoms with Gasteiger partial charge in [-0.15, -0.1) is 0 Å². The van der Waals surface area contributed by atoms with Gasteiger partial charge in [-0.25, -0.2) is 16.8 Å². The first-order valence-electron chi connectivity index (χ1n) is 6.19. The van der Waals surface area contributed by atoms with E-state index >= 15 is 0 Å². The second-order valence-electron chi connectivity index (χ2n) is 5.61. The molecular formula is C11H18N2O4S3. The summed E-state index contributed by atoms with van der Waals surface area (Å²) in [5, 5.41) is 4.51. The molecule has 2 atom stereocenters. The summed E-state index contributed by atoms with van der Waals surface area (Å²) >= 11 is 5.26. The van der Waals surface area contributed by atoms with E-state index in [-0.39, 0.29) is 23.3 Å². The third kappa shape index (κ3) is 3.32. The van der Waals surface area contributed by atoms with E-state index in [0.29, 0.717) is 11.5 Å². The van der Waals surface area contributed by atoms with Gasteiger partial charge in [0.2, 0.25) is 0 Å². The minimum absolute atomic E-state index is 0.0179. The Kier molecular flexibility index (Phi) is 3.89. The molecule has 1 saturated heterocycles. The lowest BCUT2D eigenvalue weighted by atomic mass is 10.0. The van der Waals surface area contributed by atoms with E-state index in [4.69, 9.17) is 12.2 Å². The minimum Gasteiger partial charge on any atom is -0.355 e. The van der Waals surface area contributed by atoms with Crippen LogP contribution in [0.15, 0.2) is 11.5 Å². The van der Waals surface area contributed by atoms with Crippen molar-refractivity contribution < 1.29 is 16.8 Å². The van der Waals surface area contributed by atoms with Gasteiger partial charge in [-0.3, -0.25) is 0 Å². The van der Waals surface area contributed by atoms with Gasteiger partial charge in [0.1, 0.15) is 0 Å². The molecule has 9 heteroatoms. The third-order valence-corrected chi connectivity index (χ3v) is 7.51. The molecule has 114 valence electrons. The molecule has 0 amide bonds. The molecule has 1 fully saturated rings. The second-order valence-corrected chi connectivity index (χ2v) is 10.1. The molecular weight excluding hydrogens is 320 g/mol. The Morgan fingerprint density at radius 3 is 2.50 bits per heavy atom. The molecule has 0 aromatic carbocycles. The highest BCUT2D eigenvalue weighted by atomic mass is 32.2. The summed E-state index contributed by atoms with van der Waals surface area (Å²) in [7, 11) is -4.41. The summed E-state index contributed by atoms with van der Waals surface area (Å²) in [6, 6.07) is -0.350. The largest absolute Gasteiger partial charge is 0.355 e. The zero-order valence-electron chi connectivity index (χ0n) is 11.4. The second kappa shape index (κ2) is 4.96. The van der Waals surface area contributed by atoms with Crippen molar-refractivity contribution in [2.45, 2.75) is 24.9 Å². The van der Waals surface area contributed by atoms with Crippen LogP contribution < -0.4 is 5.32 Å². The van der Waals surface area contributed by atoms with E-state index in [2.05, 4.69) is 5.32 Å². The smallest absolute Gasteiger partial charge is 0.173 e. The number of hydrogen-bond donors (Lipinski definition) is 1. The van der Waals surface area contributed by atoms with Gasteiger partial charge in [0.25, 0.3) is 0 Å². The molecule has 1 N–H and O–H groups in total. The molecule has 2 unspecified atom stereocenters. The van der Waals surface area contributed by atoms with Gasteiger partial charge in [-0.05, 0) is 31.6 Å². The van der Waals surface area contributed by atoms with Crippen molar-refractivity contribution in [3.05, 3.63) is 11.5 Å². The molecule has 2 rings (SSSR count). The normalized spacial score (nSPS) is 34.0. The van der Waals surface area contributed by atoms with Crippen LogP contribution in [0.4, 0.5) is 0 Å². The molecule has 0 spiro atoms. The third-order valence-electron chi connectivity index (χ3n) is 3.84. The van der Waals surface area contributed by atoms with Gasteiger partial charge in [0, 0.05) is 12.5 Å². The van der Waals surface area contributed by atoms with Crippen molar-refractivity contribution in [3.8, 4) is 0 Å². The van der Waals surface area contributed by atoms with Crippen LogP contribution in [0.1, 0.15) is 13.3 Å². The van der Waals surface area contributed by atoms with Gasteiger partial charge in [0.05, 0.1) is 28.8 Å². The predicted octanol–water partition coefficient (Wildman–Crippen LogP) is -0.319. The van der Waals surface area contributed by atoms with Crippen LogP contribution in [0.2, 0.25) is 0 Å². The molecule has 0 aromatic heterocycles. The highest BCUT2D eigenvalue weighted by molar-refractivity contribution is 7.94. The van der Waals surface area contributed by atoms with Crippen LogP contribution >= 0.6 is 12.2 Å². The molecule has 2 aliphatic heterocycles. The van der Waals surface area contributed by atoms with Gasteiger partial charge in [-0.2, -0.15) is 0 Å². The Hall–Kier alpha value is -0.670. The predicted molar refractivity (Wildman–Crippen MR) is 81.9 cm³/mol. The summed E-state index contributed by atoms with van der Waals surface area (Å²) in [5.41, 5.74) is -0.538. The summed E-state index contributed by atoms with van der Waals surface area (Å²) in [6.45, 7) is 1.85. The lowest BCUT2D eigenvalue weighted by molar-refractivity contribution is 0.258. The zero-order chi connectivity index (χ0) is 15.2. The number of nitrogens with one attached hydrogen (secondary N) is 1. The molecule has 0 radical (unpaired) electrons. The number of nitrogens with zero attached hydrogens (tertiary/aromatic N) is 1. The molecule has 20 heavy (non-hydrogen) atoms. The van der Waals surface area contributed by atoms with Gasteiger partial charge < -0.3 is 10.2 Å². The van der Waals surface area contributed by atoms with Crippen molar-refractivity contribution in [1.82, 2.24) is 10.2 Å². The molecule has 0 aromatic rings. The van der Waals surface area contributed by atoms with E-state index < -0.39 is 25.2 Å². The maximum Gasteiger partial charge on any atom is 0.173 e. The number of thiocarbonyl (C=S) groups is 1. The average molecular weight is 338 g/mol. The molecule has 0 aliphatic carbocycles. The van der Waals surface area contributed by atoms with Gasteiger partial charge in [0.15, 0.2) is 24.8 Å². The van der Waals surface area contributed by atoms with Crippen LogP contribution in [0, 0.1) is 0 Å². The number of hydrogen-bond acceptors (Lipinski definition) is 5. The first-order valence-corrected chi connectivity index (χ1v) is 10.1. The number of rotatable bonds is 2. The van der Waals surface area contributed by atoms with Crippen molar-refractivity contribution in [2.75, 3.05) is 24.3 Å². The summed E-state index contributed by atoms with van der Waals surface area (Å²) in [4.78, 5) is 1.73. The molecule has 2 heterocycles. The summed E-state index contributed by atoms with van der Waals surface area (Å²) in [5.74, 6) is 0.210. The fraction of sp³-hybridized carbons (Fsp3) is 0.727. The van der Waals surface area contributed by atoms with E-state index in [1.807, 2.05) is 6.92 Å². The molecule has 0 saturated carbocycles. The highest BCUT2D eigenvalue weighted by Gasteiger charge is 2.42. The average Bonchev–Trinajstić information content (AvgIpc) is 2.78. The SMILES string of the molecule is CN(C(=S)NC1C=CS(=O)(=O)C1)C1(C)CCS(=O)(=O)C1. The van der Waals surface area contributed by atoms with Crippen molar-refractivity contribution in [1.29, 1.82) is 0 Å². The van der Waals surface area contributed by atoms with E-state index in [1.165, 1.54) is 5.41 Å². The maximum absolute atomic E-state index is 11.6. The van der Waals surface area contributed by atoms with Crippen LogP contribution in [0.25, 0.3) is 0 Å². The first-order chi connectivity index (χ1) is 9.03. The topological polar surface area (TPSA) is 83.6 Å². The van der Waals surface area contributed by atoms with Gasteiger partial charge in [-0.1, -0.05) is 0 Å². The van der Waals surface area contributed by atoms with Crippen LogP contribution in [-0.2, 0) is 19.7 Å². The van der Waals surface area contributed by atoms with Crippen LogP contribution in [-0.4, -0.2) is 62.7 Å². The Balaban J connectivity index is 2.02. The fourth-order valence-electron chi connectivity index (χ4n) is 2.42. The zero-order valence-corrected chi connectivity index (χ0v) is 13.8. The lowest BCUT2D eigenvalue weighted by Crippen LogP contribution is -2.54. The highest BCUT2D eigenvalue weighted by Crippen LogP contribution is 2.28. The summed E-state index contributed by atoms with van der Waals surface area (Å²) in [6.07, 6.45) is 2.08. The van der Waals surface area contributed by atoms with Crippen molar-refractivity contribution in [2.24, 2.45) is 0 Å². The lowest BCUT2D eigenvalue weighted by Gasteiger charge is -2.37. The quantitative estimate of drug-likeness (QED) is 0.691.